The second-order valence-electron chi connectivity index (χ2n) is 6.23. The smallest absolute Gasteiger partial charge is 0.306 e. The first-order valence-corrected chi connectivity index (χ1v) is 8.98. The van der Waals surface area contributed by atoms with Crippen LogP contribution in [0.4, 0.5) is 0 Å². The zero-order chi connectivity index (χ0) is 14.8. The Morgan fingerprint density at radius 2 is 1.80 bits per heavy atom. The molecule has 2 rings (SSSR count). The van der Waals surface area contributed by atoms with Gasteiger partial charge in [0.05, 0.1) is 19.3 Å². The van der Waals surface area contributed by atoms with Crippen LogP contribution >= 0.6 is 0 Å². The normalized spacial score (nSPS) is 21.6. The summed E-state index contributed by atoms with van der Waals surface area (Å²) in [5.41, 5.74) is -0.470. The third-order valence-corrected chi connectivity index (χ3v) is 6.18. The summed E-state index contributed by atoms with van der Waals surface area (Å²) in [5.74, 6) is -1.01. The summed E-state index contributed by atoms with van der Waals surface area (Å²) in [4.78, 5) is 23.3. The van der Waals surface area contributed by atoms with Crippen molar-refractivity contribution in [1.29, 1.82) is 0 Å². The van der Waals surface area contributed by atoms with Crippen molar-refractivity contribution in [2.24, 2.45) is 11.3 Å². The van der Waals surface area contributed by atoms with Crippen LogP contribution in [-0.4, -0.2) is 38.8 Å². The number of carbonyl (C=O) groups is 2. The molecule has 0 radical (unpaired) electrons. The number of Topliss-reactive ketones (excluding diaryl/α,β-unsaturated/α-hetero) is 1. The first-order valence-electron chi connectivity index (χ1n) is 7.16. The monoisotopic (exact) mass is 302 g/mol. The number of rotatable bonds is 7. The van der Waals surface area contributed by atoms with Gasteiger partial charge in [-0.05, 0) is 31.1 Å². The highest BCUT2D eigenvalue weighted by Crippen LogP contribution is 2.50. The summed E-state index contributed by atoms with van der Waals surface area (Å²) in [6, 6.07) is 0. The standard InChI is InChI=1S/C14H22O5S/c1-19-13(16)8-14(6-7-14)10-20(17,18)9-12(15)11-4-2-3-5-11/h11H,2-10H2,1H3. The molecule has 0 amide bonds. The zero-order valence-corrected chi connectivity index (χ0v) is 12.7. The average molecular weight is 302 g/mol. The number of sulfone groups is 1. The average Bonchev–Trinajstić information content (AvgIpc) is 2.91. The van der Waals surface area contributed by atoms with Crippen molar-refractivity contribution in [3.8, 4) is 0 Å². The van der Waals surface area contributed by atoms with Gasteiger partial charge in [-0.2, -0.15) is 0 Å². The minimum absolute atomic E-state index is 0.0619. The maximum Gasteiger partial charge on any atom is 0.306 e. The lowest BCUT2D eigenvalue weighted by Gasteiger charge is -2.14. The van der Waals surface area contributed by atoms with E-state index in [1.807, 2.05) is 0 Å². The van der Waals surface area contributed by atoms with Gasteiger partial charge in [0.25, 0.3) is 0 Å². The molecule has 20 heavy (non-hydrogen) atoms. The van der Waals surface area contributed by atoms with Crippen molar-refractivity contribution in [2.75, 3.05) is 18.6 Å². The van der Waals surface area contributed by atoms with Gasteiger partial charge >= 0.3 is 5.97 Å². The van der Waals surface area contributed by atoms with E-state index >= 15 is 0 Å². The van der Waals surface area contributed by atoms with Crippen LogP contribution in [-0.2, 0) is 24.2 Å². The number of esters is 1. The summed E-state index contributed by atoms with van der Waals surface area (Å²) in [6.45, 7) is 0. The molecule has 0 spiro atoms. The Labute approximate surface area is 120 Å². The van der Waals surface area contributed by atoms with Crippen LogP contribution in [0, 0.1) is 11.3 Å². The van der Waals surface area contributed by atoms with E-state index in [0.717, 1.165) is 38.5 Å². The van der Waals surface area contributed by atoms with Gasteiger partial charge in [0.1, 0.15) is 5.75 Å². The van der Waals surface area contributed by atoms with Gasteiger partial charge in [0, 0.05) is 5.92 Å². The van der Waals surface area contributed by atoms with Crippen LogP contribution < -0.4 is 0 Å². The van der Waals surface area contributed by atoms with Crippen molar-refractivity contribution >= 4 is 21.6 Å². The first kappa shape index (κ1) is 15.5. The number of ether oxygens (including phenoxy) is 1. The molecule has 0 N–H and O–H groups in total. The summed E-state index contributed by atoms with van der Waals surface area (Å²) >= 11 is 0. The molecule has 0 aromatic carbocycles. The summed E-state index contributed by atoms with van der Waals surface area (Å²) in [5, 5.41) is 0. The lowest BCUT2D eigenvalue weighted by Crippen LogP contribution is -2.28. The Morgan fingerprint density at radius 1 is 1.20 bits per heavy atom. The predicted molar refractivity (Wildman–Crippen MR) is 73.9 cm³/mol. The molecule has 0 aromatic heterocycles. The second kappa shape index (κ2) is 5.84. The van der Waals surface area contributed by atoms with Crippen molar-refractivity contribution in [3.05, 3.63) is 0 Å². The third-order valence-electron chi connectivity index (χ3n) is 4.40. The van der Waals surface area contributed by atoms with Crippen LogP contribution in [0.5, 0.6) is 0 Å². The van der Waals surface area contributed by atoms with E-state index in [1.54, 1.807) is 0 Å². The summed E-state index contributed by atoms with van der Waals surface area (Å²) in [6.07, 6.45) is 5.26. The van der Waals surface area contributed by atoms with Crippen molar-refractivity contribution in [2.45, 2.75) is 44.9 Å². The van der Waals surface area contributed by atoms with Gasteiger partial charge in [-0.25, -0.2) is 8.42 Å². The highest BCUT2D eigenvalue weighted by atomic mass is 32.2. The molecule has 0 unspecified atom stereocenters. The Bertz CT molecular complexity index is 484. The molecule has 2 fully saturated rings. The highest BCUT2D eigenvalue weighted by molar-refractivity contribution is 7.92. The summed E-state index contributed by atoms with van der Waals surface area (Å²) < 4.78 is 28.9. The lowest BCUT2D eigenvalue weighted by atomic mass is 10.0. The van der Waals surface area contributed by atoms with Gasteiger partial charge in [0.15, 0.2) is 15.6 Å². The van der Waals surface area contributed by atoms with E-state index in [1.165, 1.54) is 7.11 Å². The van der Waals surface area contributed by atoms with Crippen LogP contribution in [0.25, 0.3) is 0 Å². The van der Waals surface area contributed by atoms with Crippen LogP contribution in [0.3, 0.4) is 0 Å². The van der Waals surface area contributed by atoms with E-state index in [4.69, 9.17) is 0 Å². The topological polar surface area (TPSA) is 77.5 Å². The van der Waals surface area contributed by atoms with Crippen LogP contribution in [0.1, 0.15) is 44.9 Å². The van der Waals surface area contributed by atoms with Crippen LogP contribution in [0.2, 0.25) is 0 Å². The highest BCUT2D eigenvalue weighted by Gasteiger charge is 2.48. The fourth-order valence-corrected chi connectivity index (χ4v) is 5.12. The lowest BCUT2D eigenvalue weighted by molar-refractivity contribution is -0.141. The van der Waals surface area contributed by atoms with E-state index in [2.05, 4.69) is 4.74 Å². The van der Waals surface area contributed by atoms with Crippen molar-refractivity contribution < 1.29 is 22.7 Å². The zero-order valence-electron chi connectivity index (χ0n) is 11.9. The van der Waals surface area contributed by atoms with Crippen molar-refractivity contribution in [3.63, 3.8) is 0 Å². The van der Waals surface area contributed by atoms with E-state index in [0.29, 0.717) is 0 Å². The largest absolute Gasteiger partial charge is 0.469 e. The molecule has 0 aliphatic heterocycles. The quantitative estimate of drug-likeness (QED) is 0.666. The number of methoxy groups -OCH3 is 1. The molecule has 114 valence electrons. The maximum atomic E-state index is 12.2. The minimum atomic E-state index is -3.42. The Balaban J connectivity index is 1.90. The Kier molecular flexibility index (Phi) is 4.52. The van der Waals surface area contributed by atoms with E-state index in [9.17, 15) is 18.0 Å². The molecule has 2 aliphatic carbocycles. The fourth-order valence-electron chi connectivity index (χ4n) is 3.03. The predicted octanol–water partition coefficient (Wildman–Crippen LogP) is 1.50. The molecule has 5 nitrogen and oxygen atoms in total. The molecule has 2 saturated carbocycles. The number of hydrogen-bond donors (Lipinski definition) is 0. The molecule has 2 aliphatic rings. The van der Waals surface area contributed by atoms with Gasteiger partial charge in [-0.1, -0.05) is 12.8 Å². The SMILES string of the molecule is COC(=O)CC1(CS(=O)(=O)CC(=O)C2CCCC2)CC1. The Hall–Kier alpha value is -0.910. The van der Waals surface area contributed by atoms with Gasteiger partial charge in [0.2, 0.25) is 0 Å². The summed E-state index contributed by atoms with van der Waals surface area (Å²) in [7, 11) is -2.12. The third kappa shape index (κ3) is 4.04. The van der Waals surface area contributed by atoms with E-state index in [-0.39, 0.29) is 35.6 Å². The second-order valence-corrected chi connectivity index (χ2v) is 8.30. The number of carbonyl (C=O) groups excluding carboxylic acids is 2. The molecular weight excluding hydrogens is 280 g/mol. The molecule has 0 bridgehead atoms. The molecule has 0 aromatic rings. The van der Waals surface area contributed by atoms with E-state index < -0.39 is 15.3 Å². The minimum Gasteiger partial charge on any atom is -0.469 e. The maximum absolute atomic E-state index is 12.2. The molecule has 0 heterocycles. The molecule has 6 heteroatoms. The number of hydrogen-bond acceptors (Lipinski definition) is 5. The fraction of sp³-hybridized carbons (Fsp3) is 0.857. The Morgan fingerprint density at radius 3 is 2.30 bits per heavy atom. The van der Waals surface area contributed by atoms with Crippen LogP contribution in [0.15, 0.2) is 0 Å². The van der Waals surface area contributed by atoms with Gasteiger partial charge in [-0.3, -0.25) is 9.59 Å². The first-order chi connectivity index (χ1) is 9.36. The molecule has 0 atom stereocenters. The number of ketones is 1. The van der Waals surface area contributed by atoms with Gasteiger partial charge < -0.3 is 4.74 Å². The van der Waals surface area contributed by atoms with Gasteiger partial charge in [-0.15, -0.1) is 0 Å². The molecule has 0 saturated heterocycles. The molecular formula is C14H22O5S. The van der Waals surface area contributed by atoms with Crippen molar-refractivity contribution in [1.82, 2.24) is 0 Å².